The number of nitro groups is 1. The summed E-state index contributed by atoms with van der Waals surface area (Å²) < 4.78 is 4.85. The van der Waals surface area contributed by atoms with Crippen molar-refractivity contribution in [3.8, 4) is 6.07 Å². The van der Waals surface area contributed by atoms with Gasteiger partial charge in [0, 0.05) is 142 Å². The van der Waals surface area contributed by atoms with Gasteiger partial charge in [0.2, 0.25) is 5.78 Å². The fourth-order valence-corrected chi connectivity index (χ4v) is 9.17. The van der Waals surface area contributed by atoms with Gasteiger partial charge in [-0.3, -0.25) is 103 Å². The van der Waals surface area contributed by atoms with E-state index in [9.17, 15) is 58.1 Å². The van der Waals surface area contributed by atoms with Crippen molar-refractivity contribution in [2.24, 2.45) is 62.7 Å². The van der Waals surface area contributed by atoms with Gasteiger partial charge in [0.25, 0.3) is 0 Å². The monoisotopic (exact) mass is 1520 g/mol. The first kappa shape index (κ1) is 119. The summed E-state index contributed by atoms with van der Waals surface area (Å²) in [6, 6.07) is 1.33. The summed E-state index contributed by atoms with van der Waals surface area (Å²) in [5.74, 6) is -0.561. The lowest BCUT2D eigenvalue weighted by Gasteiger charge is -2.13. The minimum atomic E-state index is -1.26. The maximum atomic E-state index is 11.1. The molecule has 0 heterocycles. The molecule has 0 aliphatic rings. The summed E-state index contributed by atoms with van der Waals surface area (Å²) in [7, 11) is 0. The summed E-state index contributed by atoms with van der Waals surface area (Å²) in [6.45, 7) is 63.4. The molecular formula is C84H153N11O13. The fourth-order valence-electron chi connectivity index (χ4n) is 9.17. The van der Waals surface area contributed by atoms with E-state index >= 15 is 0 Å². The molecule has 0 radical (unpaired) electrons. The first-order valence-corrected chi connectivity index (χ1v) is 39.1. The predicted molar refractivity (Wildman–Crippen MR) is 455 cm³/mol. The number of hydrogen-bond acceptors (Lipinski definition) is 23. The maximum Gasteiger partial charge on any atom is 0.307 e. The molecule has 0 aromatic heterocycles. The zero-order chi connectivity index (χ0) is 86.0. The molecule has 0 amide bonds. The quantitative estimate of drug-likeness (QED) is 0.0180. The van der Waals surface area contributed by atoms with Crippen LogP contribution in [0.5, 0.6) is 0 Å². The van der Waals surface area contributed by atoms with Crippen LogP contribution in [0, 0.1) is 39.2 Å². The van der Waals surface area contributed by atoms with Gasteiger partial charge in [0.15, 0.2) is 17.7 Å². The van der Waals surface area contributed by atoms with Crippen LogP contribution in [0.2, 0.25) is 0 Å². The van der Waals surface area contributed by atoms with Gasteiger partial charge in [0.05, 0.1) is 29.3 Å². The highest BCUT2D eigenvalue weighted by atomic mass is 16.6. The van der Waals surface area contributed by atoms with Gasteiger partial charge in [-0.25, -0.2) is 0 Å². The summed E-state index contributed by atoms with van der Waals surface area (Å²) in [5.41, 5.74) is 7.30. The average Bonchev–Trinajstić information content (AvgIpc) is 0.907. The Labute approximate surface area is 655 Å². The standard InChI is InChI=1S/C11H21NO.C10H17NO3.2C10H19NO.C9H14N2O.2C9H17NO.C8H14N2O3.C8H15NO/c1-4-5-6-7-8-12-10(2)9-11(3)13;1-5-6-11-7(2)10(8(3)12)14-9(4)13;2*1-5-7-11-8(3)10(6-2)9(4)12;1-4-5-11-7(2)9(6-10)8(3)12;1-5-7(2)10-8(3)6-9(4)11;1-4-5-6-10-8(2)7-9(3)11;1-4-5-9-6(2)8(7(3)11)10(12)13;1-6(2)9-7(3)5-8(4)10/h4-9H2,1-3H3;10H,5-6H2,1-4H3;2*10H,5-7H2,1-4H3;9H,4-5H2,1-3H3;7H,5-6H2,1-4H3;4-7H2,1-3H3;8H,4-5H2,1-3H3;6H,5H2,1-4H3. The second-order valence-corrected chi connectivity index (χ2v) is 27.1. The molecule has 0 saturated heterocycles. The van der Waals surface area contributed by atoms with E-state index in [2.05, 4.69) is 86.5 Å². The van der Waals surface area contributed by atoms with Gasteiger partial charge in [-0.05, 0) is 203 Å². The van der Waals surface area contributed by atoms with Gasteiger partial charge < -0.3 is 4.74 Å². The Morgan fingerprint density at radius 3 is 0.963 bits per heavy atom. The molecule has 622 valence electrons. The van der Waals surface area contributed by atoms with Crippen LogP contribution in [0.3, 0.4) is 0 Å². The molecular weight excluding hydrogens is 1370 g/mol. The van der Waals surface area contributed by atoms with Crippen molar-refractivity contribution in [3.05, 3.63) is 10.1 Å². The van der Waals surface area contributed by atoms with Crippen molar-refractivity contribution >= 4 is 109 Å². The molecule has 0 aromatic carbocycles. The zero-order valence-electron chi connectivity index (χ0n) is 73.9. The predicted octanol–water partition coefficient (Wildman–Crippen LogP) is 18.3. The zero-order valence-corrected chi connectivity index (χ0v) is 73.9. The van der Waals surface area contributed by atoms with E-state index < -0.39 is 34.7 Å². The minimum absolute atomic E-state index is 0.0524. The van der Waals surface area contributed by atoms with Gasteiger partial charge >= 0.3 is 12.0 Å². The molecule has 0 rings (SSSR count). The van der Waals surface area contributed by atoms with Gasteiger partial charge in [-0.2, -0.15) is 5.26 Å². The number of Topliss-reactive ketones (excluding diaryl/α,β-unsaturated/α-hetero) is 9. The van der Waals surface area contributed by atoms with Crippen LogP contribution in [0.25, 0.3) is 0 Å². The third kappa shape index (κ3) is 85.7. The van der Waals surface area contributed by atoms with Crippen LogP contribution in [0.4, 0.5) is 0 Å². The van der Waals surface area contributed by atoms with E-state index in [1.807, 2.05) is 96.1 Å². The first-order chi connectivity index (χ1) is 50.3. The van der Waals surface area contributed by atoms with Crippen LogP contribution < -0.4 is 0 Å². The number of ketones is 9. The average molecular weight is 1530 g/mol. The number of rotatable bonds is 43. The minimum Gasteiger partial charge on any atom is -0.448 e. The lowest BCUT2D eigenvalue weighted by molar-refractivity contribution is -0.488. The molecule has 0 fully saturated rings. The summed E-state index contributed by atoms with van der Waals surface area (Å²) in [4.78, 5) is 156. The van der Waals surface area contributed by atoms with Crippen molar-refractivity contribution < 1.29 is 57.6 Å². The van der Waals surface area contributed by atoms with Gasteiger partial charge in [0.1, 0.15) is 40.6 Å². The van der Waals surface area contributed by atoms with Crippen molar-refractivity contribution in [2.75, 3.05) is 45.8 Å². The third-order valence-corrected chi connectivity index (χ3v) is 14.5. The molecule has 6 atom stereocenters. The maximum absolute atomic E-state index is 11.1. The third-order valence-electron chi connectivity index (χ3n) is 14.5. The number of aliphatic imine (C=N–C) groups is 9. The van der Waals surface area contributed by atoms with E-state index in [0.717, 1.165) is 131 Å². The lowest BCUT2D eigenvalue weighted by atomic mass is 9.97. The normalized spacial score (nSPS) is 13.4. The highest BCUT2D eigenvalue weighted by molar-refractivity contribution is 6.08. The largest absolute Gasteiger partial charge is 0.448 e. The molecule has 0 aliphatic carbocycles. The number of nitrogens with zero attached hydrogens (tertiary/aromatic N) is 11. The Balaban J connectivity index is -0.000000146. The van der Waals surface area contributed by atoms with Gasteiger partial charge in [-0.15, -0.1) is 0 Å². The molecule has 0 saturated carbocycles. The van der Waals surface area contributed by atoms with Crippen LogP contribution in [-0.4, -0.2) is 184 Å². The van der Waals surface area contributed by atoms with E-state index in [0.29, 0.717) is 74.5 Å². The summed E-state index contributed by atoms with van der Waals surface area (Å²) in [5, 5.41) is 19.1. The fraction of sp³-hybridized carbons (Fsp3) is 0.762. The number of carbonyl (C=O) groups excluding carboxylic acids is 10. The first-order valence-electron chi connectivity index (χ1n) is 39.1. The van der Waals surface area contributed by atoms with Crippen molar-refractivity contribution in [3.63, 3.8) is 0 Å². The Morgan fingerprint density at radius 2 is 0.694 bits per heavy atom. The molecule has 0 aromatic rings. The molecule has 0 N–H and O–H groups in total. The van der Waals surface area contributed by atoms with Crippen LogP contribution in [0.1, 0.15) is 337 Å². The number of ether oxygens (including phenoxy) is 1. The van der Waals surface area contributed by atoms with Crippen LogP contribution in [0.15, 0.2) is 44.9 Å². The lowest BCUT2D eigenvalue weighted by Crippen LogP contribution is -2.34. The van der Waals surface area contributed by atoms with Gasteiger partial charge in [-0.1, -0.05) is 94.9 Å². The highest BCUT2D eigenvalue weighted by Crippen LogP contribution is 2.09. The number of unbranched alkanes of at least 4 members (excludes halogenated alkanes) is 4. The Morgan fingerprint density at radius 1 is 0.361 bits per heavy atom. The molecule has 0 aliphatic heterocycles. The van der Waals surface area contributed by atoms with Crippen molar-refractivity contribution in [1.82, 2.24) is 0 Å². The number of hydrogen-bond donors (Lipinski definition) is 0. The summed E-state index contributed by atoms with van der Waals surface area (Å²) in [6.07, 6.45) is 16.0. The molecule has 0 bridgehead atoms. The Kier molecular flexibility index (Phi) is 88.5. The SMILES string of the molecule is CC(=O)CC(C)=NC(C)C.CCC(C)N=C(C)CC(C)=O.CCCCCCN=C(C)CC(C)=O.CCCCN=C(C)CC(C)=O.CCCN=C(C)C(C#N)C(C)=O.CCCN=C(C)C(C(C)=O)[N+](=O)[O-].CCCN=C(C)C(CC)C(C)=O.CCCN=C(C)C(CC)C(C)=O.CCCN=C(C)C(OC(C)=O)C(C)=O. The van der Waals surface area contributed by atoms with Crippen LogP contribution in [-0.2, 0) is 52.7 Å². The number of carbonyl (C=O) groups is 10. The van der Waals surface area contributed by atoms with E-state index in [1.54, 1.807) is 55.4 Å². The Hall–Kier alpha value is -7.58. The highest BCUT2D eigenvalue weighted by Gasteiger charge is 2.29. The smallest absolute Gasteiger partial charge is 0.307 e. The van der Waals surface area contributed by atoms with Crippen LogP contribution >= 0.6 is 0 Å². The second-order valence-electron chi connectivity index (χ2n) is 27.1. The topological polar surface area (TPSA) is 358 Å². The second kappa shape index (κ2) is 80.4. The molecule has 0 spiro atoms. The molecule has 6 unspecified atom stereocenters. The summed E-state index contributed by atoms with van der Waals surface area (Å²) >= 11 is 0. The molecule has 24 nitrogen and oxygen atoms in total. The molecule has 108 heavy (non-hydrogen) atoms. The van der Waals surface area contributed by atoms with E-state index in [1.165, 1.54) is 53.9 Å². The number of nitriles is 1. The van der Waals surface area contributed by atoms with Crippen molar-refractivity contribution in [1.29, 1.82) is 5.26 Å². The Bertz CT molecular complexity index is 2840. The van der Waals surface area contributed by atoms with E-state index in [4.69, 9.17) is 10.00 Å². The van der Waals surface area contributed by atoms with E-state index in [-0.39, 0.29) is 58.1 Å². The molecule has 24 heteroatoms. The van der Waals surface area contributed by atoms with Crippen molar-refractivity contribution in [2.45, 2.75) is 361 Å². The number of esters is 1.